The molecule has 14 heteroatoms. The van der Waals surface area contributed by atoms with Gasteiger partial charge in [0.1, 0.15) is 12.2 Å². The van der Waals surface area contributed by atoms with E-state index < -0.39 is 23.6 Å². The highest BCUT2D eigenvalue weighted by Crippen LogP contribution is 2.32. The highest BCUT2D eigenvalue weighted by atomic mass is 19.1. The number of carbonyl (C=O) groups is 2. The average molecular weight is 575 g/mol. The van der Waals surface area contributed by atoms with Crippen LogP contribution in [0.25, 0.3) is 16.9 Å². The van der Waals surface area contributed by atoms with Gasteiger partial charge in [-0.25, -0.2) is 13.6 Å². The van der Waals surface area contributed by atoms with Crippen molar-refractivity contribution in [2.24, 2.45) is 5.73 Å². The first-order chi connectivity index (χ1) is 20.0. The van der Waals surface area contributed by atoms with Crippen LogP contribution in [0.15, 0.2) is 42.9 Å². The van der Waals surface area contributed by atoms with Crippen molar-refractivity contribution in [1.29, 1.82) is 5.26 Å². The number of nitrogens with two attached hydrogens (primary N) is 1. The van der Waals surface area contributed by atoms with Crippen LogP contribution in [0.2, 0.25) is 0 Å². The summed E-state index contributed by atoms with van der Waals surface area (Å²) >= 11 is 0. The molecule has 0 radical (unpaired) electrons. The number of pyridine rings is 1. The van der Waals surface area contributed by atoms with E-state index in [0.29, 0.717) is 28.2 Å². The van der Waals surface area contributed by atoms with Crippen molar-refractivity contribution in [3.63, 3.8) is 0 Å². The third-order valence-electron chi connectivity index (χ3n) is 7.44. The lowest BCUT2D eigenvalue weighted by Crippen LogP contribution is -2.42. The lowest BCUT2D eigenvalue weighted by molar-refractivity contribution is -0.00178. The fraction of sp³-hybridized carbons (Fsp3) is 0.393. The van der Waals surface area contributed by atoms with Crippen LogP contribution in [0, 0.1) is 11.3 Å². The maximum absolute atomic E-state index is 14.4. The summed E-state index contributed by atoms with van der Waals surface area (Å²) in [6, 6.07) is 9.26. The first-order valence-electron chi connectivity index (χ1n) is 13.5. The van der Waals surface area contributed by atoms with E-state index in [1.165, 1.54) is 26.2 Å². The summed E-state index contributed by atoms with van der Waals surface area (Å²) in [6.07, 6.45) is 5.78. The van der Waals surface area contributed by atoms with Crippen molar-refractivity contribution in [3.05, 3.63) is 59.7 Å². The van der Waals surface area contributed by atoms with Gasteiger partial charge in [0.25, 0.3) is 11.8 Å². The molecule has 5 N–H and O–H groups in total. The van der Waals surface area contributed by atoms with Crippen LogP contribution in [0.4, 0.5) is 10.1 Å². The molecular weight excluding hydrogens is 543 g/mol. The number of alkyl halides is 1. The summed E-state index contributed by atoms with van der Waals surface area (Å²) in [5.74, 6) is -1.16. The number of hydrogen-bond donors (Lipinski definition) is 4. The first-order valence-corrected chi connectivity index (χ1v) is 13.5. The number of halogens is 1. The Morgan fingerprint density at radius 1 is 1.24 bits per heavy atom. The van der Waals surface area contributed by atoms with Gasteiger partial charge in [-0.3, -0.25) is 14.6 Å². The Labute approximate surface area is 240 Å². The summed E-state index contributed by atoms with van der Waals surface area (Å²) in [6.45, 7) is 2.31. The molecule has 1 saturated carbocycles. The Morgan fingerprint density at radius 2 is 2.00 bits per heavy atom. The number of nitriles is 1. The first kappa shape index (κ1) is 28.6. The molecule has 13 nitrogen and oxygen atoms in total. The highest BCUT2D eigenvalue weighted by Gasteiger charge is 2.28. The number of fused-ring (bicyclic) bond motifs is 1. The molecule has 2 amide bonds. The lowest BCUT2D eigenvalue weighted by atomic mass is 9.91. The van der Waals surface area contributed by atoms with Crippen molar-refractivity contribution in [3.8, 4) is 17.5 Å². The maximum Gasteiger partial charge on any atom is 0.270 e. The number of rotatable bonds is 9. The van der Waals surface area contributed by atoms with E-state index >= 15 is 0 Å². The molecule has 1 atom stereocenters. The zero-order valence-corrected chi connectivity index (χ0v) is 23.2. The van der Waals surface area contributed by atoms with Gasteiger partial charge in [-0.2, -0.15) is 10.4 Å². The number of carbonyl (C=O) groups excluding carboxylic acids is 2. The Bertz CT molecular complexity index is 1660. The van der Waals surface area contributed by atoms with Gasteiger partial charge in [0.15, 0.2) is 5.69 Å². The summed E-state index contributed by atoms with van der Waals surface area (Å²) in [5.41, 5.74) is 6.91. The van der Waals surface area contributed by atoms with E-state index in [0.717, 1.165) is 25.7 Å². The minimum Gasteiger partial charge on any atom is -0.387 e. The molecule has 1 aliphatic rings. The van der Waals surface area contributed by atoms with Gasteiger partial charge < -0.3 is 21.5 Å². The number of anilines is 1. The van der Waals surface area contributed by atoms with Crippen LogP contribution < -0.4 is 16.4 Å². The summed E-state index contributed by atoms with van der Waals surface area (Å²) in [7, 11) is 0. The number of aliphatic hydroxyl groups is 1. The van der Waals surface area contributed by atoms with Crippen LogP contribution in [0.5, 0.6) is 0 Å². The Kier molecular flexibility index (Phi) is 7.86. The molecule has 4 aromatic rings. The van der Waals surface area contributed by atoms with Crippen LogP contribution >= 0.6 is 0 Å². The molecule has 4 heterocycles. The smallest absolute Gasteiger partial charge is 0.270 e. The SMILES string of the molecule is CC(C)(O)C(F)CNC(=O)c1cnc(-c2ccc3cc(C#N)cnn23)cc1NC1CCC(n2cc(C(N)=O)nn2)CC1. The van der Waals surface area contributed by atoms with E-state index in [-0.39, 0.29) is 29.9 Å². The van der Waals surface area contributed by atoms with Gasteiger partial charge in [-0.05, 0) is 63.8 Å². The molecule has 0 spiro atoms. The lowest BCUT2D eigenvalue weighted by Gasteiger charge is -2.30. The molecular formula is C28H31FN10O3. The number of aromatic nitrogens is 6. The van der Waals surface area contributed by atoms with E-state index in [2.05, 4.69) is 37.1 Å². The summed E-state index contributed by atoms with van der Waals surface area (Å²) in [5, 5.41) is 37.4. The van der Waals surface area contributed by atoms with Crippen molar-refractivity contribution in [2.75, 3.05) is 11.9 Å². The second kappa shape index (κ2) is 11.5. The minimum absolute atomic E-state index is 0.00727. The monoisotopic (exact) mass is 574 g/mol. The summed E-state index contributed by atoms with van der Waals surface area (Å²) < 4.78 is 17.7. The number of hydrogen-bond acceptors (Lipinski definition) is 9. The van der Waals surface area contributed by atoms with Crippen LogP contribution in [-0.4, -0.2) is 70.9 Å². The average Bonchev–Trinajstić information content (AvgIpc) is 3.63. The van der Waals surface area contributed by atoms with Crippen LogP contribution in [0.3, 0.4) is 0 Å². The predicted molar refractivity (Wildman–Crippen MR) is 150 cm³/mol. The predicted octanol–water partition coefficient (Wildman–Crippen LogP) is 2.39. The van der Waals surface area contributed by atoms with Gasteiger partial charge in [-0.1, -0.05) is 5.21 Å². The third kappa shape index (κ3) is 6.06. The fourth-order valence-electron chi connectivity index (χ4n) is 4.95. The Morgan fingerprint density at radius 3 is 2.67 bits per heavy atom. The van der Waals surface area contributed by atoms with E-state index in [9.17, 15) is 24.3 Å². The number of nitrogens with zero attached hydrogens (tertiary/aromatic N) is 7. The van der Waals surface area contributed by atoms with Crippen molar-refractivity contribution in [1.82, 2.24) is 34.9 Å². The second-order valence-electron chi connectivity index (χ2n) is 11.0. The van der Waals surface area contributed by atoms with Crippen molar-refractivity contribution >= 4 is 23.0 Å². The molecule has 1 unspecified atom stereocenters. The molecule has 5 rings (SSSR count). The van der Waals surface area contributed by atoms with E-state index in [1.807, 2.05) is 12.1 Å². The van der Waals surface area contributed by atoms with E-state index in [1.54, 1.807) is 27.5 Å². The van der Waals surface area contributed by atoms with Crippen LogP contribution in [0.1, 0.15) is 72.0 Å². The summed E-state index contributed by atoms with van der Waals surface area (Å²) in [4.78, 5) is 29.1. The van der Waals surface area contributed by atoms with Gasteiger partial charge in [0, 0.05) is 12.2 Å². The molecule has 0 saturated heterocycles. The van der Waals surface area contributed by atoms with Crippen molar-refractivity contribution in [2.45, 2.75) is 63.4 Å². The van der Waals surface area contributed by atoms with Gasteiger partial charge in [-0.15, -0.1) is 5.10 Å². The maximum atomic E-state index is 14.4. The Balaban J connectivity index is 1.39. The molecule has 218 valence electrons. The molecule has 4 aromatic heterocycles. The number of amides is 2. The quantitative estimate of drug-likeness (QED) is 0.233. The molecule has 1 fully saturated rings. The van der Waals surface area contributed by atoms with Gasteiger partial charge >= 0.3 is 0 Å². The largest absolute Gasteiger partial charge is 0.387 e. The molecule has 0 aromatic carbocycles. The topological polar surface area (TPSA) is 189 Å². The van der Waals surface area contributed by atoms with Gasteiger partial charge in [0.05, 0.1) is 64.3 Å². The standard InChI is InChI=1S/C28H31FN10O3/c1-28(2,42)25(29)14-33-27(41)20-13-32-22(24-8-7-19-9-16(11-30)12-34-39(19)24)10-21(20)35-17-3-5-18(6-4-17)38-15-23(26(31)40)36-37-38/h7-10,12-13,15,17-18,25,42H,3-6,14H2,1-2H3,(H2,31,40)(H,32,35)(H,33,41). The highest BCUT2D eigenvalue weighted by molar-refractivity contribution is 6.00. The number of primary amides is 1. The molecule has 1 aliphatic carbocycles. The third-order valence-corrected chi connectivity index (χ3v) is 7.44. The van der Waals surface area contributed by atoms with Crippen molar-refractivity contribution < 1.29 is 19.1 Å². The fourth-order valence-corrected chi connectivity index (χ4v) is 4.95. The normalized spacial score (nSPS) is 17.9. The zero-order chi connectivity index (χ0) is 30.0. The Hall–Kier alpha value is -4.90. The number of nitrogens with one attached hydrogen (secondary N) is 2. The second-order valence-corrected chi connectivity index (χ2v) is 11.0. The molecule has 42 heavy (non-hydrogen) atoms. The molecule has 0 bridgehead atoms. The zero-order valence-electron chi connectivity index (χ0n) is 23.2. The molecule has 0 aliphatic heterocycles. The van der Waals surface area contributed by atoms with Crippen LogP contribution in [-0.2, 0) is 0 Å². The van der Waals surface area contributed by atoms with E-state index in [4.69, 9.17) is 5.73 Å². The van der Waals surface area contributed by atoms with Gasteiger partial charge in [0.2, 0.25) is 0 Å². The minimum atomic E-state index is -1.66.